The van der Waals surface area contributed by atoms with E-state index in [1.807, 2.05) is 6.92 Å². The molecule has 164 valence electrons. The molecule has 1 saturated carbocycles. The molecule has 11 heteroatoms. The van der Waals surface area contributed by atoms with Crippen LogP contribution in [0.1, 0.15) is 45.4 Å². The van der Waals surface area contributed by atoms with Crippen molar-refractivity contribution in [2.24, 2.45) is 10.9 Å². The summed E-state index contributed by atoms with van der Waals surface area (Å²) in [4.78, 5) is 4.14. The number of nitrogens with zero attached hydrogens (tertiary/aromatic N) is 2. The third-order valence-electron chi connectivity index (χ3n) is 5.35. The molecule has 0 amide bonds. The summed E-state index contributed by atoms with van der Waals surface area (Å²) in [6, 6.07) is 0.118. The largest absolute Gasteiger partial charge is 0.355 e. The predicted octanol–water partition coefficient (Wildman–Crippen LogP) is 0.0751. The van der Waals surface area contributed by atoms with Crippen molar-refractivity contribution in [2.75, 3.05) is 44.7 Å². The van der Waals surface area contributed by atoms with E-state index in [-0.39, 0.29) is 24.1 Å². The molecule has 0 bridgehead atoms. The third kappa shape index (κ3) is 7.49. The van der Waals surface area contributed by atoms with Gasteiger partial charge in [-0.2, -0.15) is 0 Å². The lowest BCUT2D eigenvalue weighted by molar-refractivity contribution is 0.306. The first-order valence-electron chi connectivity index (χ1n) is 10.2. The quantitative estimate of drug-likeness (QED) is 0.329. The molecule has 0 aromatic rings. The molecule has 9 nitrogen and oxygen atoms in total. The maximum Gasteiger partial charge on any atom is 0.214 e. The number of nitrogens with one attached hydrogen (secondary N) is 3. The number of rotatable bonds is 10. The summed E-state index contributed by atoms with van der Waals surface area (Å²) >= 11 is 0. The predicted molar refractivity (Wildman–Crippen MR) is 112 cm³/mol. The van der Waals surface area contributed by atoms with Gasteiger partial charge in [-0.25, -0.2) is 25.9 Å². The van der Waals surface area contributed by atoms with Gasteiger partial charge in [0.05, 0.1) is 11.5 Å². The molecular weight excluding hydrogens is 402 g/mol. The molecule has 0 radical (unpaired) electrons. The van der Waals surface area contributed by atoms with Crippen molar-refractivity contribution >= 4 is 26.0 Å². The number of hydrogen-bond acceptors (Lipinski definition) is 5. The van der Waals surface area contributed by atoms with Gasteiger partial charge in [0.1, 0.15) is 0 Å². The van der Waals surface area contributed by atoms with Crippen molar-refractivity contribution in [1.29, 1.82) is 0 Å². The van der Waals surface area contributed by atoms with E-state index in [2.05, 4.69) is 20.3 Å². The molecular formula is C17H35N5O4S2. The van der Waals surface area contributed by atoms with E-state index < -0.39 is 20.0 Å². The monoisotopic (exact) mass is 437 g/mol. The van der Waals surface area contributed by atoms with E-state index in [9.17, 15) is 16.8 Å². The average Bonchev–Trinajstić information content (AvgIpc) is 2.59. The van der Waals surface area contributed by atoms with Crippen LogP contribution in [-0.2, 0) is 20.0 Å². The topological polar surface area (TPSA) is 120 Å². The van der Waals surface area contributed by atoms with Crippen molar-refractivity contribution < 1.29 is 16.8 Å². The molecule has 0 spiro atoms. The van der Waals surface area contributed by atoms with Crippen LogP contribution in [0.25, 0.3) is 0 Å². The Kier molecular flexibility index (Phi) is 8.97. The molecule has 0 unspecified atom stereocenters. The molecule has 0 aromatic carbocycles. The summed E-state index contributed by atoms with van der Waals surface area (Å²) in [5.41, 5.74) is 0. The highest BCUT2D eigenvalue weighted by molar-refractivity contribution is 7.89. The number of piperidine rings is 1. The first kappa shape index (κ1) is 23.4. The fourth-order valence-corrected chi connectivity index (χ4v) is 5.92. The van der Waals surface area contributed by atoms with Crippen LogP contribution in [0, 0.1) is 5.92 Å². The maximum atomic E-state index is 12.1. The molecule has 28 heavy (non-hydrogen) atoms. The maximum absolute atomic E-state index is 12.1. The van der Waals surface area contributed by atoms with Gasteiger partial charge in [-0.3, -0.25) is 4.99 Å². The van der Waals surface area contributed by atoms with Crippen LogP contribution < -0.4 is 15.4 Å². The second kappa shape index (κ2) is 10.7. The first-order chi connectivity index (χ1) is 13.3. The Morgan fingerprint density at radius 2 is 1.75 bits per heavy atom. The zero-order valence-corrected chi connectivity index (χ0v) is 18.6. The fraction of sp³-hybridized carbons (Fsp3) is 0.941. The Hall–Kier alpha value is -0.910. The molecule has 2 rings (SSSR count). The van der Waals surface area contributed by atoms with Crippen molar-refractivity contribution in [3.05, 3.63) is 0 Å². The average molecular weight is 438 g/mol. The van der Waals surface area contributed by atoms with Gasteiger partial charge in [-0.15, -0.1) is 0 Å². The Bertz CT molecular complexity index is 712. The highest BCUT2D eigenvalue weighted by Crippen LogP contribution is 2.25. The van der Waals surface area contributed by atoms with Gasteiger partial charge in [0.15, 0.2) is 5.96 Å². The lowest BCUT2D eigenvalue weighted by Gasteiger charge is -2.32. The summed E-state index contributed by atoms with van der Waals surface area (Å²) in [7, 11) is -4.79. The zero-order valence-electron chi connectivity index (χ0n) is 17.0. The minimum atomic E-state index is -3.29. The molecule has 0 atom stereocenters. The van der Waals surface area contributed by atoms with Gasteiger partial charge in [-0.05, 0) is 38.0 Å². The minimum Gasteiger partial charge on any atom is -0.355 e. The Labute approximate surface area is 169 Å². The van der Waals surface area contributed by atoms with Gasteiger partial charge in [-0.1, -0.05) is 13.3 Å². The van der Waals surface area contributed by atoms with E-state index in [1.54, 1.807) is 11.4 Å². The lowest BCUT2D eigenvalue weighted by atomic mass is 9.86. The van der Waals surface area contributed by atoms with E-state index in [4.69, 9.17) is 0 Å². The molecule has 1 heterocycles. The van der Waals surface area contributed by atoms with Crippen LogP contribution in [0.3, 0.4) is 0 Å². The molecule has 1 saturated heterocycles. The molecule has 0 aromatic heterocycles. The molecule has 1 aliphatic heterocycles. The number of sulfonamides is 2. The summed E-state index contributed by atoms with van der Waals surface area (Å²) in [5, 5.41) is 6.30. The van der Waals surface area contributed by atoms with Gasteiger partial charge >= 0.3 is 0 Å². The van der Waals surface area contributed by atoms with Crippen molar-refractivity contribution in [1.82, 2.24) is 19.7 Å². The normalized spacial score (nSPS) is 20.7. The van der Waals surface area contributed by atoms with Gasteiger partial charge in [0.25, 0.3) is 0 Å². The summed E-state index contributed by atoms with van der Waals surface area (Å²) in [5.74, 6) is 1.22. The molecule has 2 aliphatic rings. The van der Waals surface area contributed by atoms with Crippen molar-refractivity contribution in [2.45, 2.75) is 51.5 Å². The number of hydrogen-bond donors (Lipinski definition) is 3. The highest BCUT2D eigenvalue weighted by Gasteiger charge is 2.27. The molecule has 1 aliphatic carbocycles. The number of aliphatic imine (C=N–C) groups is 1. The fourth-order valence-electron chi connectivity index (χ4n) is 3.37. The van der Waals surface area contributed by atoms with Crippen LogP contribution in [0.4, 0.5) is 0 Å². The van der Waals surface area contributed by atoms with E-state index in [0.29, 0.717) is 50.8 Å². The van der Waals surface area contributed by atoms with Crippen LogP contribution in [0.5, 0.6) is 0 Å². The smallest absolute Gasteiger partial charge is 0.214 e. The van der Waals surface area contributed by atoms with Gasteiger partial charge in [0.2, 0.25) is 20.0 Å². The van der Waals surface area contributed by atoms with Crippen LogP contribution >= 0.6 is 0 Å². The Morgan fingerprint density at radius 1 is 1.07 bits per heavy atom. The molecule has 3 N–H and O–H groups in total. The lowest BCUT2D eigenvalue weighted by Crippen LogP contribution is -2.50. The second-order valence-electron chi connectivity index (χ2n) is 7.60. The Balaban J connectivity index is 1.68. The highest BCUT2D eigenvalue weighted by atomic mass is 32.2. The SMILES string of the molecule is CCCS(=O)(=O)N1CCC(NC(=NC)NCCS(=O)(=O)NCC2CCC2)CC1. The van der Waals surface area contributed by atoms with E-state index in [1.165, 1.54) is 6.42 Å². The summed E-state index contributed by atoms with van der Waals surface area (Å²) < 4.78 is 52.6. The number of guanidine groups is 1. The summed E-state index contributed by atoms with van der Waals surface area (Å²) in [6.45, 7) is 3.66. The van der Waals surface area contributed by atoms with Gasteiger partial charge in [0, 0.05) is 39.3 Å². The summed E-state index contributed by atoms with van der Waals surface area (Å²) in [6.07, 6.45) is 5.43. The van der Waals surface area contributed by atoms with E-state index >= 15 is 0 Å². The first-order valence-corrected chi connectivity index (χ1v) is 13.4. The van der Waals surface area contributed by atoms with Crippen LogP contribution in [0.15, 0.2) is 4.99 Å². The Morgan fingerprint density at radius 3 is 2.29 bits per heavy atom. The minimum absolute atomic E-state index is 0.00583. The van der Waals surface area contributed by atoms with Gasteiger partial charge < -0.3 is 10.6 Å². The van der Waals surface area contributed by atoms with E-state index in [0.717, 1.165) is 12.8 Å². The van der Waals surface area contributed by atoms with Crippen molar-refractivity contribution in [3.63, 3.8) is 0 Å². The van der Waals surface area contributed by atoms with Crippen LogP contribution in [-0.4, -0.2) is 77.9 Å². The third-order valence-corrected chi connectivity index (χ3v) is 8.78. The zero-order chi connectivity index (χ0) is 20.6. The molecule has 2 fully saturated rings. The van der Waals surface area contributed by atoms with Crippen LogP contribution in [0.2, 0.25) is 0 Å². The standard InChI is InChI=1S/C17H35N5O4S2/c1-3-12-28(25,26)22-10-7-16(8-11-22)21-17(18-2)19-9-13-27(23,24)20-14-15-5-4-6-15/h15-16,20H,3-14H2,1-2H3,(H2,18,19,21). The van der Waals surface area contributed by atoms with Crippen molar-refractivity contribution in [3.8, 4) is 0 Å². The second-order valence-corrected chi connectivity index (χ2v) is 11.6.